The van der Waals surface area contributed by atoms with Crippen LogP contribution in [0.2, 0.25) is 0 Å². The fourth-order valence-corrected chi connectivity index (χ4v) is 1.62. The van der Waals surface area contributed by atoms with Crippen LogP contribution in [0.25, 0.3) is 11.1 Å². The molecule has 0 heterocycles. The minimum atomic E-state index is -0.331. The monoisotopic (exact) mass is 230 g/mol. The van der Waals surface area contributed by atoms with E-state index in [1.54, 1.807) is 0 Å². The van der Waals surface area contributed by atoms with Crippen molar-refractivity contribution in [2.75, 3.05) is 13.3 Å². The molecule has 2 aromatic carbocycles. The average Bonchev–Trinajstić information content (AvgIpc) is 2.41. The quantitative estimate of drug-likeness (QED) is 0.703. The van der Waals surface area contributed by atoms with Gasteiger partial charge in [-0.15, -0.1) is 0 Å². The Morgan fingerprint density at radius 2 is 1.47 bits per heavy atom. The Morgan fingerprint density at radius 1 is 0.824 bits per heavy atom. The third kappa shape index (κ3) is 3.31. The Bertz CT molecular complexity index is 436. The van der Waals surface area contributed by atoms with E-state index in [1.165, 1.54) is 5.56 Å². The van der Waals surface area contributed by atoms with E-state index in [0.29, 0.717) is 13.0 Å². The molecule has 0 spiro atoms. The Hall–Kier alpha value is -1.83. The van der Waals surface area contributed by atoms with Crippen molar-refractivity contribution in [3.8, 4) is 16.9 Å². The Morgan fingerprint density at radius 3 is 2.12 bits per heavy atom. The second-order valence-corrected chi connectivity index (χ2v) is 3.78. The average molecular weight is 230 g/mol. The predicted molar refractivity (Wildman–Crippen MR) is 68.0 cm³/mol. The number of hydrogen-bond acceptors (Lipinski definition) is 1. The molecule has 0 aliphatic carbocycles. The maximum absolute atomic E-state index is 11.9. The molecule has 17 heavy (non-hydrogen) atoms. The first-order chi connectivity index (χ1) is 8.40. The van der Waals surface area contributed by atoms with E-state index in [-0.39, 0.29) is 6.67 Å². The van der Waals surface area contributed by atoms with Gasteiger partial charge < -0.3 is 4.74 Å². The molecule has 0 aliphatic heterocycles. The van der Waals surface area contributed by atoms with Crippen LogP contribution in [0.5, 0.6) is 5.75 Å². The van der Waals surface area contributed by atoms with Gasteiger partial charge in [-0.05, 0) is 23.3 Å². The molecular weight excluding hydrogens is 215 g/mol. The molecule has 0 atom stereocenters. The third-order valence-corrected chi connectivity index (χ3v) is 2.51. The van der Waals surface area contributed by atoms with E-state index in [4.69, 9.17) is 4.74 Å². The van der Waals surface area contributed by atoms with Crippen molar-refractivity contribution >= 4 is 0 Å². The standard InChI is InChI=1S/C15H15FO/c16-11-4-12-17-15-9-7-14(8-10-15)13-5-2-1-3-6-13/h1-3,5-10H,4,11-12H2. The smallest absolute Gasteiger partial charge is 0.119 e. The third-order valence-electron chi connectivity index (χ3n) is 2.51. The molecule has 88 valence electrons. The van der Waals surface area contributed by atoms with Crippen molar-refractivity contribution < 1.29 is 9.13 Å². The minimum Gasteiger partial charge on any atom is -0.493 e. The summed E-state index contributed by atoms with van der Waals surface area (Å²) in [6.45, 7) is 0.100. The molecule has 0 saturated heterocycles. The van der Waals surface area contributed by atoms with Gasteiger partial charge in [-0.3, -0.25) is 4.39 Å². The van der Waals surface area contributed by atoms with Gasteiger partial charge in [0.2, 0.25) is 0 Å². The normalized spacial score (nSPS) is 10.2. The summed E-state index contributed by atoms with van der Waals surface area (Å²) in [7, 11) is 0. The molecule has 1 nitrogen and oxygen atoms in total. The number of alkyl halides is 1. The van der Waals surface area contributed by atoms with Crippen molar-refractivity contribution in [2.45, 2.75) is 6.42 Å². The molecule has 2 rings (SSSR count). The lowest BCUT2D eigenvalue weighted by Crippen LogP contribution is -1.97. The number of benzene rings is 2. The molecule has 0 radical (unpaired) electrons. The molecule has 0 bridgehead atoms. The Kier molecular flexibility index (Phi) is 4.14. The molecule has 0 N–H and O–H groups in total. The van der Waals surface area contributed by atoms with Gasteiger partial charge in [0, 0.05) is 6.42 Å². The number of rotatable bonds is 5. The van der Waals surface area contributed by atoms with Crippen LogP contribution in [0.15, 0.2) is 54.6 Å². The molecule has 0 amide bonds. The van der Waals surface area contributed by atoms with Crippen LogP contribution in [0.4, 0.5) is 4.39 Å². The Balaban J connectivity index is 2.03. The van der Waals surface area contributed by atoms with Crippen molar-refractivity contribution in [2.24, 2.45) is 0 Å². The van der Waals surface area contributed by atoms with Gasteiger partial charge >= 0.3 is 0 Å². The van der Waals surface area contributed by atoms with E-state index in [0.717, 1.165) is 11.3 Å². The minimum absolute atomic E-state index is 0.331. The highest BCUT2D eigenvalue weighted by Gasteiger charge is 1.97. The largest absolute Gasteiger partial charge is 0.493 e. The number of halogens is 1. The molecule has 0 fully saturated rings. The zero-order chi connectivity index (χ0) is 11.9. The molecule has 2 heteroatoms. The highest BCUT2D eigenvalue weighted by atomic mass is 19.1. The number of ether oxygens (including phenoxy) is 1. The zero-order valence-electron chi connectivity index (χ0n) is 9.60. The molecule has 0 unspecified atom stereocenters. The molecule has 2 aromatic rings. The lowest BCUT2D eigenvalue weighted by Gasteiger charge is -2.06. The topological polar surface area (TPSA) is 9.23 Å². The zero-order valence-corrected chi connectivity index (χ0v) is 9.60. The summed E-state index contributed by atoms with van der Waals surface area (Å²) in [4.78, 5) is 0. The molecular formula is C15H15FO. The second kappa shape index (κ2) is 6.04. The van der Waals surface area contributed by atoms with Crippen molar-refractivity contribution in [3.63, 3.8) is 0 Å². The Labute approximate surface area is 101 Å². The summed E-state index contributed by atoms with van der Waals surface area (Å²) >= 11 is 0. The van der Waals surface area contributed by atoms with Gasteiger partial charge in [0.05, 0.1) is 13.3 Å². The maximum atomic E-state index is 11.9. The van der Waals surface area contributed by atoms with Crippen LogP contribution in [0.3, 0.4) is 0 Å². The van der Waals surface area contributed by atoms with Crippen LogP contribution in [-0.2, 0) is 0 Å². The van der Waals surface area contributed by atoms with Gasteiger partial charge in [-0.1, -0.05) is 42.5 Å². The van der Waals surface area contributed by atoms with Gasteiger partial charge in [0.15, 0.2) is 0 Å². The van der Waals surface area contributed by atoms with Crippen LogP contribution >= 0.6 is 0 Å². The SMILES string of the molecule is FCCCOc1ccc(-c2ccccc2)cc1. The lowest BCUT2D eigenvalue weighted by atomic mass is 10.1. The summed E-state index contributed by atoms with van der Waals surface area (Å²) in [6.07, 6.45) is 0.445. The highest BCUT2D eigenvalue weighted by Crippen LogP contribution is 2.21. The molecule has 0 aliphatic rings. The fraction of sp³-hybridized carbons (Fsp3) is 0.200. The summed E-state index contributed by atoms with van der Waals surface area (Å²) in [5.41, 5.74) is 2.34. The van der Waals surface area contributed by atoms with Gasteiger partial charge in [0.25, 0.3) is 0 Å². The molecule has 0 aromatic heterocycles. The van der Waals surface area contributed by atoms with Gasteiger partial charge in [0.1, 0.15) is 5.75 Å². The van der Waals surface area contributed by atoms with Crippen molar-refractivity contribution in [1.29, 1.82) is 0 Å². The van der Waals surface area contributed by atoms with Crippen LogP contribution in [0, 0.1) is 0 Å². The summed E-state index contributed by atoms with van der Waals surface area (Å²) in [5.74, 6) is 0.790. The van der Waals surface area contributed by atoms with Crippen molar-refractivity contribution in [3.05, 3.63) is 54.6 Å². The predicted octanol–water partition coefficient (Wildman–Crippen LogP) is 4.09. The first kappa shape index (κ1) is 11.6. The van der Waals surface area contributed by atoms with Crippen LogP contribution in [-0.4, -0.2) is 13.3 Å². The maximum Gasteiger partial charge on any atom is 0.119 e. The van der Waals surface area contributed by atoms with Crippen LogP contribution in [0.1, 0.15) is 6.42 Å². The van der Waals surface area contributed by atoms with E-state index in [1.807, 2.05) is 42.5 Å². The summed E-state index contributed by atoms with van der Waals surface area (Å²) in [5, 5.41) is 0. The lowest BCUT2D eigenvalue weighted by molar-refractivity contribution is 0.289. The first-order valence-electron chi connectivity index (χ1n) is 5.74. The van der Waals surface area contributed by atoms with E-state index in [9.17, 15) is 4.39 Å². The van der Waals surface area contributed by atoms with Gasteiger partial charge in [-0.2, -0.15) is 0 Å². The highest BCUT2D eigenvalue weighted by molar-refractivity contribution is 5.63. The van der Waals surface area contributed by atoms with E-state index < -0.39 is 0 Å². The van der Waals surface area contributed by atoms with Crippen LogP contribution < -0.4 is 4.74 Å². The fourth-order valence-electron chi connectivity index (χ4n) is 1.62. The van der Waals surface area contributed by atoms with Crippen molar-refractivity contribution in [1.82, 2.24) is 0 Å². The number of hydrogen-bond donors (Lipinski definition) is 0. The van der Waals surface area contributed by atoms with Gasteiger partial charge in [-0.25, -0.2) is 0 Å². The van der Waals surface area contributed by atoms with E-state index >= 15 is 0 Å². The van der Waals surface area contributed by atoms with E-state index in [2.05, 4.69) is 12.1 Å². The summed E-state index contributed by atoms with van der Waals surface area (Å²) in [6, 6.07) is 18.0. The molecule has 0 saturated carbocycles. The second-order valence-electron chi connectivity index (χ2n) is 3.78. The summed E-state index contributed by atoms with van der Waals surface area (Å²) < 4.78 is 17.3. The first-order valence-corrected chi connectivity index (χ1v) is 5.74.